The summed E-state index contributed by atoms with van der Waals surface area (Å²) >= 11 is 0. The Kier molecular flexibility index (Phi) is 3.01. The van der Waals surface area contributed by atoms with Crippen molar-refractivity contribution in [1.82, 2.24) is 0 Å². The van der Waals surface area contributed by atoms with Gasteiger partial charge in [-0.25, -0.2) is 4.79 Å². The third-order valence-electron chi connectivity index (χ3n) is 3.65. The zero-order valence-corrected chi connectivity index (χ0v) is 11.4. The quantitative estimate of drug-likeness (QED) is 0.754. The molecule has 0 fully saturated rings. The molecular formula is C15H12O6. The molecule has 2 aliphatic rings. The Morgan fingerprint density at radius 1 is 1.05 bits per heavy atom. The van der Waals surface area contributed by atoms with Crippen LogP contribution in [-0.2, 0) is 23.8 Å². The van der Waals surface area contributed by atoms with Gasteiger partial charge in [0, 0.05) is 11.1 Å². The molecule has 6 heteroatoms. The summed E-state index contributed by atoms with van der Waals surface area (Å²) in [4.78, 5) is 36.3. The number of Topliss-reactive ketones (excluding diaryl/α,β-unsaturated/α-hetero) is 1. The summed E-state index contributed by atoms with van der Waals surface area (Å²) in [5, 5.41) is 0. The first-order valence-electron chi connectivity index (χ1n) is 6.30. The van der Waals surface area contributed by atoms with Gasteiger partial charge in [-0.1, -0.05) is 24.3 Å². The second-order valence-electron chi connectivity index (χ2n) is 4.68. The van der Waals surface area contributed by atoms with Gasteiger partial charge in [0.25, 0.3) is 0 Å². The maximum absolute atomic E-state index is 12.5. The lowest BCUT2D eigenvalue weighted by Gasteiger charge is -2.18. The van der Waals surface area contributed by atoms with E-state index in [2.05, 4.69) is 4.74 Å². The monoisotopic (exact) mass is 288 g/mol. The smallest absolute Gasteiger partial charge is 0.348 e. The Bertz CT molecular complexity index is 687. The maximum Gasteiger partial charge on any atom is 0.348 e. The first kappa shape index (κ1) is 13.4. The number of hydrogen-bond acceptors (Lipinski definition) is 6. The van der Waals surface area contributed by atoms with E-state index >= 15 is 0 Å². The van der Waals surface area contributed by atoms with E-state index in [-0.39, 0.29) is 17.1 Å². The van der Waals surface area contributed by atoms with E-state index in [1.807, 2.05) is 0 Å². The van der Waals surface area contributed by atoms with Crippen molar-refractivity contribution in [2.75, 3.05) is 14.2 Å². The average molecular weight is 288 g/mol. The second kappa shape index (κ2) is 4.73. The van der Waals surface area contributed by atoms with Crippen molar-refractivity contribution < 1.29 is 28.6 Å². The Labute approximate surface area is 120 Å². The summed E-state index contributed by atoms with van der Waals surface area (Å²) in [6, 6.07) is 6.85. The van der Waals surface area contributed by atoms with Gasteiger partial charge in [-0.05, 0) is 0 Å². The number of benzene rings is 1. The first-order chi connectivity index (χ1) is 10.1. The van der Waals surface area contributed by atoms with Gasteiger partial charge >= 0.3 is 11.9 Å². The minimum atomic E-state index is -1.19. The molecule has 0 spiro atoms. The van der Waals surface area contributed by atoms with Crippen LogP contribution in [-0.4, -0.2) is 38.0 Å². The van der Waals surface area contributed by atoms with Crippen LogP contribution in [0.2, 0.25) is 0 Å². The fraction of sp³-hybridized carbons (Fsp3) is 0.267. The predicted octanol–water partition coefficient (Wildman–Crippen LogP) is 0.955. The van der Waals surface area contributed by atoms with Crippen LogP contribution in [0.15, 0.2) is 29.8 Å². The van der Waals surface area contributed by atoms with Crippen LogP contribution in [0, 0.1) is 5.92 Å². The standard InChI is InChI=1S/C15H12O6/c1-19-14(17)10-9-11(16)7-5-3-4-6-8(7)12(9)21-13(10)15(18)20-2/h3-6,10,13H,1-2H3/t10-,13-/m0/s1. The summed E-state index contributed by atoms with van der Waals surface area (Å²) < 4.78 is 14.9. The molecule has 1 aromatic rings. The molecule has 1 aliphatic heterocycles. The van der Waals surface area contributed by atoms with Crippen LogP contribution in [0.1, 0.15) is 15.9 Å². The average Bonchev–Trinajstić information content (AvgIpc) is 3.03. The third kappa shape index (κ3) is 1.75. The summed E-state index contributed by atoms with van der Waals surface area (Å²) in [5.41, 5.74) is 1.20. The van der Waals surface area contributed by atoms with Crippen molar-refractivity contribution in [2.24, 2.45) is 5.92 Å². The van der Waals surface area contributed by atoms with Crippen molar-refractivity contribution >= 4 is 23.5 Å². The fourth-order valence-corrected chi connectivity index (χ4v) is 2.70. The summed E-state index contributed by atoms with van der Waals surface area (Å²) in [7, 11) is 2.39. The molecule has 108 valence electrons. The summed E-state index contributed by atoms with van der Waals surface area (Å²) in [5.74, 6) is -2.57. The lowest BCUT2D eigenvalue weighted by molar-refractivity contribution is -0.159. The van der Waals surface area contributed by atoms with Crippen LogP contribution >= 0.6 is 0 Å². The van der Waals surface area contributed by atoms with Crippen molar-refractivity contribution in [3.05, 3.63) is 41.0 Å². The van der Waals surface area contributed by atoms with E-state index in [0.717, 1.165) is 0 Å². The van der Waals surface area contributed by atoms with Crippen LogP contribution in [0.25, 0.3) is 5.76 Å². The van der Waals surface area contributed by atoms with Gasteiger partial charge in [-0.2, -0.15) is 0 Å². The summed E-state index contributed by atoms with van der Waals surface area (Å²) in [6.07, 6.45) is -1.19. The molecule has 0 unspecified atom stereocenters. The predicted molar refractivity (Wildman–Crippen MR) is 70.1 cm³/mol. The van der Waals surface area contributed by atoms with Crippen molar-refractivity contribution in [1.29, 1.82) is 0 Å². The molecular weight excluding hydrogens is 276 g/mol. The normalized spacial score (nSPS) is 22.5. The minimum Gasteiger partial charge on any atom is -0.476 e. The van der Waals surface area contributed by atoms with Gasteiger partial charge < -0.3 is 14.2 Å². The molecule has 0 N–H and O–H groups in total. The van der Waals surface area contributed by atoms with E-state index in [9.17, 15) is 14.4 Å². The number of rotatable bonds is 2. The molecule has 2 atom stereocenters. The molecule has 0 amide bonds. The van der Waals surface area contributed by atoms with Crippen LogP contribution in [0.4, 0.5) is 0 Å². The van der Waals surface area contributed by atoms with Crippen molar-refractivity contribution in [2.45, 2.75) is 6.10 Å². The van der Waals surface area contributed by atoms with Gasteiger partial charge in [-0.15, -0.1) is 0 Å². The topological polar surface area (TPSA) is 78.9 Å². The number of methoxy groups -OCH3 is 2. The maximum atomic E-state index is 12.5. The second-order valence-corrected chi connectivity index (χ2v) is 4.68. The van der Waals surface area contributed by atoms with Gasteiger partial charge in [0.05, 0.1) is 19.8 Å². The lowest BCUT2D eigenvalue weighted by Crippen LogP contribution is -2.37. The Hall–Kier alpha value is -2.63. The zero-order valence-electron chi connectivity index (χ0n) is 11.4. The van der Waals surface area contributed by atoms with Crippen molar-refractivity contribution in [3.8, 4) is 0 Å². The number of fused-ring (bicyclic) bond motifs is 2. The van der Waals surface area contributed by atoms with E-state index < -0.39 is 24.0 Å². The molecule has 0 aromatic heterocycles. The molecule has 1 aliphatic carbocycles. The van der Waals surface area contributed by atoms with Gasteiger partial charge in [-0.3, -0.25) is 9.59 Å². The summed E-state index contributed by atoms with van der Waals surface area (Å²) in [6.45, 7) is 0. The molecule has 3 rings (SSSR count). The van der Waals surface area contributed by atoms with E-state index in [0.29, 0.717) is 11.1 Å². The van der Waals surface area contributed by atoms with E-state index in [1.165, 1.54) is 14.2 Å². The SMILES string of the molecule is COC(=O)[C@H]1C2=C(O[C@@H]1C(=O)OC)c1ccccc1C2=O. The van der Waals surface area contributed by atoms with Crippen LogP contribution in [0.3, 0.4) is 0 Å². The van der Waals surface area contributed by atoms with E-state index in [4.69, 9.17) is 9.47 Å². The number of ether oxygens (including phenoxy) is 3. The highest BCUT2D eigenvalue weighted by Gasteiger charge is 2.53. The van der Waals surface area contributed by atoms with E-state index in [1.54, 1.807) is 24.3 Å². The highest BCUT2D eigenvalue weighted by atomic mass is 16.6. The number of esters is 2. The minimum absolute atomic E-state index is 0.165. The number of carbonyl (C=O) groups is 3. The number of carbonyl (C=O) groups excluding carboxylic acids is 3. The molecule has 0 radical (unpaired) electrons. The zero-order chi connectivity index (χ0) is 15.1. The van der Waals surface area contributed by atoms with Gasteiger partial charge in [0.2, 0.25) is 6.10 Å². The third-order valence-corrected chi connectivity index (χ3v) is 3.65. The van der Waals surface area contributed by atoms with Gasteiger partial charge in [0.1, 0.15) is 11.7 Å². The first-order valence-corrected chi connectivity index (χ1v) is 6.30. The van der Waals surface area contributed by atoms with Gasteiger partial charge in [0.15, 0.2) is 5.78 Å². The number of ketones is 1. The lowest BCUT2D eigenvalue weighted by atomic mass is 9.92. The highest BCUT2D eigenvalue weighted by Crippen LogP contribution is 2.45. The van der Waals surface area contributed by atoms with Crippen molar-refractivity contribution in [3.63, 3.8) is 0 Å². The highest BCUT2D eigenvalue weighted by molar-refractivity contribution is 6.23. The Balaban J connectivity index is 2.10. The molecule has 21 heavy (non-hydrogen) atoms. The molecule has 0 saturated carbocycles. The van der Waals surface area contributed by atoms with Crippen LogP contribution < -0.4 is 0 Å². The van der Waals surface area contributed by atoms with Crippen LogP contribution in [0.5, 0.6) is 0 Å². The number of hydrogen-bond donors (Lipinski definition) is 0. The molecule has 0 saturated heterocycles. The molecule has 6 nitrogen and oxygen atoms in total. The fourth-order valence-electron chi connectivity index (χ4n) is 2.70. The molecule has 1 aromatic carbocycles. The Morgan fingerprint density at radius 3 is 2.29 bits per heavy atom. The molecule has 1 heterocycles. The Morgan fingerprint density at radius 2 is 1.67 bits per heavy atom. The molecule has 0 bridgehead atoms. The largest absolute Gasteiger partial charge is 0.476 e.